The predicted octanol–water partition coefficient (Wildman–Crippen LogP) is 3.46. The molecule has 1 aliphatic heterocycles. The molecular formula is C26H35FN6O4. The monoisotopic (exact) mass is 514 g/mol. The number of ether oxygens (including phenoxy) is 2. The molecule has 4 saturated carbocycles. The van der Waals surface area contributed by atoms with Crippen LogP contribution in [0.3, 0.4) is 0 Å². The number of esters is 1. The van der Waals surface area contributed by atoms with Crippen molar-refractivity contribution in [3.63, 3.8) is 0 Å². The van der Waals surface area contributed by atoms with Gasteiger partial charge in [-0.2, -0.15) is 10.1 Å². The van der Waals surface area contributed by atoms with Crippen molar-refractivity contribution in [3.8, 4) is 0 Å². The summed E-state index contributed by atoms with van der Waals surface area (Å²) in [5.74, 6) is 1.41. The molecule has 4 bridgehead atoms. The average Bonchev–Trinajstić information content (AvgIpc) is 3.28. The van der Waals surface area contributed by atoms with Crippen LogP contribution in [0.4, 0.5) is 22.0 Å². The van der Waals surface area contributed by atoms with E-state index in [2.05, 4.69) is 30.8 Å². The number of nitrogens with one attached hydrogen (secondary N) is 3. The Labute approximate surface area is 215 Å². The molecule has 200 valence electrons. The number of carbonyl (C=O) groups is 1. The van der Waals surface area contributed by atoms with Gasteiger partial charge >= 0.3 is 5.97 Å². The highest BCUT2D eigenvalue weighted by molar-refractivity contribution is 5.72. The number of aryl methyl sites for hydroxylation is 1. The summed E-state index contributed by atoms with van der Waals surface area (Å²) in [7, 11) is 0. The van der Waals surface area contributed by atoms with Crippen molar-refractivity contribution in [1.82, 2.24) is 20.2 Å². The Morgan fingerprint density at radius 1 is 1.24 bits per heavy atom. The normalized spacial score (nSPS) is 30.9. The van der Waals surface area contributed by atoms with Gasteiger partial charge < -0.3 is 25.2 Å². The number of aromatic amines is 1. The first kappa shape index (κ1) is 24.5. The molecule has 0 amide bonds. The number of carbonyl (C=O) groups excluding carboxylic acids is 1. The molecule has 5 fully saturated rings. The van der Waals surface area contributed by atoms with Gasteiger partial charge in [0.25, 0.3) is 0 Å². The lowest BCUT2D eigenvalue weighted by Crippen LogP contribution is -2.55. The van der Waals surface area contributed by atoms with Gasteiger partial charge in [0.05, 0.1) is 11.5 Å². The number of hydrogen-bond acceptors (Lipinski definition) is 9. The first-order chi connectivity index (χ1) is 17.8. The predicted molar refractivity (Wildman–Crippen MR) is 132 cm³/mol. The Bertz CT molecular complexity index is 1140. The molecule has 3 heterocycles. The Morgan fingerprint density at radius 3 is 2.68 bits per heavy atom. The van der Waals surface area contributed by atoms with Gasteiger partial charge in [-0.25, -0.2) is 9.37 Å². The Kier molecular flexibility index (Phi) is 6.52. The van der Waals surface area contributed by atoms with Crippen LogP contribution < -0.4 is 10.6 Å². The topological polar surface area (TPSA) is 134 Å². The van der Waals surface area contributed by atoms with Gasteiger partial charge in [-0.1, -0.05) is 0 Å². The third kappa shape index (κ3) is 5.16. The fraction of sp³-hybridized carbons (Fsp3) is 0.692. The van der Waals surface area contributed by atoms with Crippen LogP contribution in [0.15, 0.2) is 6.07 Å². The van der Waals surface area contributed by atoms with Crippen LogP contribution >= 0.6 is 0 Å². The fourth-order valence-electron chi connectivity index (χ4n) is 7.17. The largest absolute Gasteiger partial charge is 0.459 e. The summed E-state index contributed by atoms with van der Waals surface area (Å²) in [5, 5.41) is 24.1. The van der Waals surface area contributed by atoms with Crippen molar-refractivity contribution in [2.24, 2.45) is 29.6 Å². The molecule has 2 atom stereocenters. The first-order valence-corrected chi connectivity index (χ1v) is 13.4. The van der Waals surface area contributed by atoms with Crippen LogP contribution in [0.1, 0.15) is 56.3 Å². The van der Waals surface area contributed by atoms with E-state index in [0.29, 0.717) is 62.1 Å². The van der Waals surface area contributed by atoms with Crippen molar-refractivity contribution in [1.29, 1.82) is 0 Å². The molecule has 2 unspecified atom stereocenters. The molecule has 0 spiro atoms. The van der Waals surface area contributed by atoms with E-state index in [1.54, 1.807) is 6.07 Å². The molecule has 7 rings (SSSR count). The Hall–Kier alpha value is -2.79. The van der Waals surface area contributed by atoms with Crippen molar-refractivity contribution < 1.29 is 23.8 Å². The number of H-pyrrole nitrogens is 1. The summed E-state index contributed by atoms with van der Waals surface area (Å²) in [6, 6.07) is 1.75. The lowest BCUT2D eigenvalue weighted by molar-refractivity contribution is -0.153. The van der Waals surface area contributed by atoms with Gasteiger partial charge in [0.15, 0.2) is 17.5 Å². The second-order valence-electron chi connectivity index (χ2n) is 11.5. The lowest BCUT2D eigenvalue weighted by atomic mass is 9.50. The quantitative estimate of drug-likeness (QED) is 0.391. The van der Waals surface area contributed by atoms with Crippen LogP contribution in [0.25, 0.3) is 0 Å². The van der Waals surface area contributed by atoms with E-state index < -0.39 is 11.4 Å². The molecule has 10 nitrogen and oxygen atoms in total. The average molecular weight is 515 g/mol. The number of nitrogens with zero attached hydrogens (tertiary/aromatic N) is 3. The van der Waals surface area contributed by atoms with Crippen LogP contribution in [0, 0.1) is 42.3 Å². The molecule has 0 aromatic carbocycles. The molecule has 2 aromatic heterocycles. The van der Waals surface area contributed by atoms with Crippen LogP contribution in [-0.4, -0.2) is 56.6 Å². The zero-order valence-corrected chi connectivity index (χ0v) is 21.1. The number of halogens is 1. The molecule has 1 saturated heterocycles. The Balaban J connectivity index is 1.18. The molecule has 5 aliphatic rings. The summed E-state index contributed by atoms with van der Waals surface area (Å²) in [5.41, 5.74) is 0.344. The molecule has 0 radical (unpaired) electrons. The van der Waals surface area contributed by atoms with Crippen LogP contribution in [0.2, 0.25) is 0 Å². The fourth-order valence-corrected chi connectivity index (χ4v) is 7.17. The minimum Gasteiger partial charge on any atom is -0.459 e. The second kappa shape index (κ2) is 9.83. The van der Waals surface area contributed by atoms with E-state index in [4.69, 9.17) is 9.47 Å². The van der Waals surface area contributed by atoms with E-state index >= 15 is 4.39 Å². The van der Waals surface area contributed by atoms with Gasteiger partial charge in [0, 0.05) is 31.5 Å². The van der Waals surface area contributed by atoms with E-state index in [1.165, 1.54) is 0 Å². The zero-order valence-electron chi connectivity index (χ0n) is 21.1. The zero-order chi connectivity index (χ0) is 25.6. The summed E-state index contributed by atoms with van der Waals surface area (Å²) in [6.45, 7) is 3.27. The molecule has 11 heteroatoms. The summed E-state index contributed by atoms with van der Waals surface area (Å²) >= 11 is 0. The van der Waals surface area contributed by atoms with Crippen molar-refractivity contribution in [3.05, 3.63) is 23.3 Å². The molecule has 2 aromatic rings. The number of aromatic nitrogens is 4. The third-order valence-electron chi connectivity index (χ3n) is 8.71. The minimum absolute atomic E-state index is 0.00654. The van der Waals surface area contributed by atoms with Crippen LogP contribution in [-0.2, 0) is 20.9 Å². The number of anilines is 3. The van der Waals surface area contributed by atoms with Crippen molar-refractivity contribution >= 4 is 23.6 Å². The SMILES string of the molecule is Cc1cc(Nc2nc(NCC3C4CC5CC3CC(O)(C5)C4)nc(COC(=O)C3CCOCC3)c2F)n[nH]1. The maximum absolute atomic E-state index is 15.4. The Morgan fingerprint density at radius 2 is 2.00 bits per heavy atom. The maximum Gasteiger partial charge on any atom is 0.309 e. The van der Waals surface area contributed by atoms with Gasteiger partial charge in [-0.05, 0) is 75.5 Å². The highest BCUT2D eigenvalue weighted by atomic mass is 19.1. The second-order valence-corrected chi connectivity index (χ2v) is 11.5. The summed E-state index contributed by atoms with van der Waals surface area (Å²) in [4.78, 5) is 21.3. The number of rotatable bonds is 8. The highest BCUT2D eigenvalue weighted by Crippen LogP contribution is 2.58. The van der Waals surface area contributed by atoms with Crippen LogP contribution in [0.5, 0.6) is 0 Å². The standard InChI is InChI=1S/C26H35FN6O4/c1-14-6-21(33-32-14)30-23-22(27)20(13-37-24(34)16-2-4-36-5-3-16)29-25(31-23)28-12-19-17-7-15-8-18(19)11-26(35,9-15)10-17/h6,15-19,35H,2-5,7-13H2,1H3,(H3,28,29,30,31,32,33). The molecule has 37 heavy (non-hydrogen) atoms. The van der Waals surface area contributed by atoms with E-state index in [1.807, 2.05) is 6.92 Å². The summed E-state index contributed by atoms with van der Waals surface area (Å²) in [6.07, 6.45) is 6.18. The molecule has 4 aliphatic carbocycles. The summed E-state index contributed by atoms with van der Waals surface area (Å²) < 4.78 is 26.2. The maximum atomic E-state index is 15.4. The number of hydrogen-bond donors (Lipinski definition) is 4. The van der Waals surface area contributed by atoms with Gasteiger partial charge in [-0.3, -0.25) is 9.89 Å². The smallest absolute Gasteiger partial charge is 0.309 e. The molecule has 4 N–H and O–H groups in total. The first-order valence-electron chi connectivity index (χ1n) is 13.4. The minimum atomic E-state index is -0.678. The third-order valence-corrected chi connectivity index (χ3v) is 8.71. The van der Waals surface area contributed by atoms with Crippen molar-refractivity contribution in [2.75, 3.05) is 30.4 Å². The van der Waals surface area contributed by atoms with Gasteiger partial charge in [0.2, 0.25) is 5.95 Å². The number of aliphatic hydroxyl groups is 1. The van der Waals surface area contributed by atoms with E-state index in [-0.39, 0.29) is 36.0 Å². The van der Waals surface area contributed by atoms with Gasteiger partial charge in [-0.15, -0.1) is 0 Å². The van der Waals surface area contributed by atoms with Gasteiger partial charge in [0.1, 0.15) is 12.3 Å². The lowest BCUT2D eigenvalue weighted by Gasteiger charge is -2.58. The van der Waals surface area contributed by atoms with E-state index in [9.17, 15) is 9.90 Å². The highest BCUT2D eigenvalue weighted by Gasteiger charge is 2.54. The molecular weight excluding hydrogens is 479 g/mol. The van der Waals surface area contributed by atoms with E-state index in [0.717, 1.165) is 37.8 Å². The van der Waals surface area contributed by atoms with Crippen molar-refractivity contribution in [2.45, 2.75) is 64.1 Å².